The second-order valence-electron chi connectivity index (χ2n) is 7.34. The normalized spacial score (nSPS) is 10.9. The summed E-state index contributed by atoms with van der Waals surface area (Å²) in [5, 5.41) is 0. The summed E-state index contributed by atoms with van der Waals surface area (Å²) in [6, 6.07) is 0. The van der Waals surface area contributed by atoms with Gasteiger partial charge in [0, 0.05) is 0 Å². The van der Waals surface area contributed by atoms with Gasteiger partial charge in [0.2, 0.25) is 0 Å². The van der Waals surface area contributed by atoms with Crippen LogP contribution in [0.2, 0.25) is 0 Å². The van der Waals surface area contributed by atoms with Gasteiger partial charge in [0.15, 0.2) is 6.10 Å². The number of likely N-dealkylation sites (N-methyl/N-ethyl adjacent to an activating group) is 1. The zero-order valence-corrected chi connectivity index (χ0v) is 22.0. The molecule has 0 aliphatic rings. The maximum absolute atomic E-state index is 12.1. The molecule has 0 aromatic rings. The topological polar surface area (TPSA) is 74.2 Å². The first kappa shape index (κ1) is 32.1. The van der Waals surface area contributed by atoms with Crippen molar-refractivity contribution >= 4 is 7.82 Å². The van der Waals surface area contributed by atoms with Gasteiger partial charge >= 0.3 is 7.82 Å². The molecule has 0 saturated heterocycles. The van der Waals surface area contributed by atoms with Crippen LogP contribution in [-0.2, 0) is 23.1 Å². The fraction of sp³-hybridized carbons (Fsp3) is 0.357. The van der Waals surface area contributed by atoms with Gasteiger partial charge in [-0.1, -0.05) is 11.5 Å². The molecule has 2 atom stereocenters. The summed E-state index contributed by atoms with van der Waals surface area (Å²) in [6.07, 6.45) is 4.95. The molecule has 1 N–H and O–H groups in total. The number of hydrogen-bond acceptors (Lipinski definition) is 5. The number of phosphoric ester groups is 1. The van der Waals surface area contributed by atoms with Gasteiger partial charge in [0.05, 0.1) is 27.7 Å². The molecule has 1 unspecified atom stereocenters. The minimum absolute atomic E-state index is 0.0474. The molecule has 36 heavy (non-hydrogen) atoms. The minimum Gasteiger partial charge on any atom is -0.488 e. The third-order valence-corrected chi connectivity index (χ3v) is 4.25. The molecule has 0 spiro atoms. The third kappa shape index (κ3) is 23.2. The van der Waals surface area contributed by atoms with Crippen molar-refractivity contribution in [2.45, 2.75) is 20.0 Å². The molecule has 8 heteroatoms. The predicted octanol–water partition coefficient (Wildman–Crippen LogP) is 4.47. The standard InChI is InChI=1S/C28H28NO6P/c1-6-8-10-12-14-16-18-20-23-32-26-28(33-24-21-19-17-15-13-11-9-7-2)27-35-36(30,31)34-25-22-29(3,4)5/h6-7,23-24,28H,22,25-27H2,1-5H3/p+1/t28-/m1/s1. The van der Waals surface area contributed by atoms with E-state index < -0.39 is 13.9 Å². The van der Waals surface area contributed by atoms with E-state index >= 15 is 0 Å². The van der Waals surface area contributed by atoms with E-state index in [1.807, 2.05) is 21.1 Å². The van der Waals surface area contributed by atoms with Crippen LogP contribution in [0, 0.1) is 0 Å². The molecule has 186 valence electrons. The summed E-state index contributed by atoms with van der Waals surface area (Å²) in [5.41, 5.74) is 36.0. The molecule has 0 aliphatic carbocycles. The molecule has 0 fully saturated rings. The smallest absolute Gasteiger partial charge is 0.472 e. The van der Waals surface area contributed by atoms with E-state index in [1.54, 1.807) is 26.0 Å². The number of nitrogens with zero attached hydrogens (tertiary/aromatic N) is 1. The van der Waals surface area contributed by atoms with Crippen LogP contribution in [-0.4, -0.2) is 63.0 Å². The fourth-order valence-electron chi connectivity index (χ4n) is 1.63. The van der Waals surface area contributed by atoms with Gasteiger partial charge in [-0.25, -0.2) is 4.57 Å². The highest BCUT2D eigenvalue weighted by Crippen LogP contribution is 2.43. The van der Waals surface area contributed by atoms with Crippen molar-refractivity contribution in [1.82, 2.24) is 0 Å². The Bertz CT molecular complexity index is 1340. The van der Waals surface area contributed by atoms with Gasteiger partial charge in [-0.2, -0.15) is 0 Å². The number of ether oxygens (including phenoxy) is 2. The largest absolute Gasteiger partial charge is 0.488 e. The first-order chi connectivity index (χ1) is 17.2. The monoisotopic (exact) mass is 506 g/mol. The van der Waals surface area contributed by atoms with Gasteiger partial charge in [0.1, 0.15) is 32.3 Å². The number of allylic oxidation sites excluding steroid dienone is 2. The molecule has 0 saturated carbocycles. The van der Waals surface area contributed by atoms with Crippen LogP contribution in [0.15, 0.2) is 105 Å². The summed E-state index contributed by atoms with van der Waals surface area (Å²) in [7, 11) is 1.52. The molecule has 0 radical (unpaired) electrons. The van der Waals surface area contributed by atoms with E-state index in [4.69, 9.17) is 18.5 Å². The molecule has 0 aromatic carbocycles. The molecule has 0 amide bonds. The predicted molar refractivity (Wildman–Crippen MR) is 134 cm³/mol. The summed E-state index contributed by atoms with van der Waals surface area (Å²) >= 11 is 0. The summed E-state index contributed by atoms with van der Waals surface area (Å²) in [4.78, 5) is 9.90. The summed E-state index contributed by atoms with van der Waals surface area (Å²) < 4.78 is 33.5. The lowest BCUT2D eigenvalue weighted by Gasteiger charge is -2.24. The van der Waals surface area contributed by atoms with Crippen molar-refractivity contribution < 1.29 is 32.5 Å². The van der Waals surface area contributed by atoms with E-state index in [0.717, 1.165) is 0 Å². The first-order valence-corrected chi connectivity index (χ1v) is 12.1. The zero-order chi connectivity index (χ0) is 27.0. The molecule has 0 bridgehead atoms. The maximum Gasteiger partial charge on any atom is 0.472 e. The Balaban J connectivity index is 5.40. The van der Waals surface area contributed by atoms with E-state index in [2.05, 4.69) is 80.2 Å². The minimum atomic E-state index is -4.28. The van der Waals surface area contributed by atoms with Gasteiger partial charge in [0.25, 0.3) is 0 Å². The van der Waals surface area contributed by atoms with E-state index in [1.165, 1.54) is 12.5 Å². The van der Waals surface area contributed by atoms with Gasteiger partial charge in [-0.15, -0.1) is 0 Å². The molecular weight excluding hydrogens is 477 g/mol. The number of quaternary nitrogens is 1. The number of hydrogen-bond donors (Lipinski definition) is 1. The lowest BCUT2D eigenvalue weighted by atomic mass is 10.4. The van der Waals surface area contributed by atoms with Crippen LogP contribution in [0.5, 0.6) is 0 Å². The van der Waals surface area contributed by atoms with Gasteiger partial charge in [-0.05, 0) is 94.8 Å². The Kier molecular flexibility index (Phi) is 18.2. The quantitative estimate of drug-likeness (QED) is 0.182. The van der Waals surface area contributed by atoms with Gasteiger partial charge in [-0.3, -0.25) is 9.05 Å². The highest BCUT2D eigenvalue weighted by Gasteiger charge is 2.25. The van der Waals surface area contributed by atoms with Crippen molar-refractivity contribution in [2.24, 2.45) is 0 Å². The van der Waals surface area contributed by atoms with E-state index in [9.17, 15) is 9.46 Å². The van der Waals surface area contributed by atoms with Crippen LogP contribution in [0.25, 0.3) is 0 Å². The van der Waals surface area contributed by atoms with Crippen molar-refractivity contribution in [1.29, 1.82) is 0 Å². The van der Waals surface area contributed by atoms with Crippen molar-refractivity contribution in [3.8, 4) is 0 Å². The SMILES string of the molecule is CC=C=C=C=C=C=C=C=COC[C@H](COP(=O)(O)OCC[N+](C)(C)C)OC=C=C=C=C=C=C=C=CC. The first-order valence-electron chi connectivity index (χ1n) is 10.6. The highest BCUT2D eigenvalue weighted by atomic mass is 31.2. The van der Waals surface area contributed by atoms with Crippen LogP contribution in [0.4, 0.5) is 0 Å². The summed E-state index contributed by atoms with van der Waals surface area (Å²) in [5.74, 6) is 0. The molecule has 0 heterocycles. The lowest BCUT2D eigenvalue weighted by Crippen LogP contribution is -2.37. The molecule has 0 rings (SSSR count). The van der Waals surface area contributed by atoms with Crippen LogP contribution < -0.4 is 0 Å². The second-order valence-corrected chi connectivity index (χ2v) is 8.80. The highest BCUT2D eigenvalue weighted by molar-refractivity contribution is 7.47. The Morgan fingerprint density at radius 2 is 1.25 bits per heavy atom. The van der Waals surface area contributed by atoms with E-state index in [-0.39, 0.29) is 19.8 Å². The maximum atomic E-state index is 12.1. The summed E-state index contributed by atoms with van der Waals surface area (Å²) in [6.45, 7) is 3.82. The zero-order valence-electron chi connectivity index (χ0n) is 21.1. The van der Waals surface area contributed by atoms with Crippen LogP contribution >= 0.6 is 7.82 Å². The average Bonchev–Trinajstić information content (AvgIpc) is 2.81. The lowest BCUT2D eigenvalue weighted by molar-refractivity contribution is -0.870. The Morgan fingerprint density at radius 1 is 0.750 bits per heavy atom. The van der Waals surface area contributed by atoms with Crippen LogP contribution in [0.3, 0.4) is 0 Å². The molecular formula is C28H29NO6P+. The van der Waals surface area contributed by atoms with Crippen molar-refractivity contribution in [3.63, 3.8) is 0 Å². The Morgan fingerprint density at radius 3 is 1.78 bits per heavy atom. The molecule has 7 nitrogen and oxygen atoms in total. The molecule has 0 aromatic heterocycles. The Hall–Kier alpha value is -3.93. The number of phosphoric acid groups is 1. The van der Waals surface area contributed by atoms with Crippen molar-refractivity contribution in [3.05, 3.63) is 105 Å². The van der Waals surface area contributed by atoms with Crippen LogP contribution in [0.1, 0.15) is 13.8 Å². The van der Waals surface area contributed by atoms with Crippen molar-refractivity contribution in [2.75, 3.05) is 47.5 Å². The average molecular weight is 507 g/mol. The van der Waals surface area contributed by atoms with Gasteiger partial charge < -0.3 is 18.9 Å². The Labute approximate surface area is 212 Å². The molecule has 0 aliphatic heterocycles. The van der Waals surface area contributed by atoms with E-state index in [0.29, 0.717) is 11.0 Å². The number of rotatable bonds is 12. The third-order valence-electron chi connectivity index (χ3n) is 3.26. The fourth-order valence-corrected chi connectivity index (χ4v) is 2.38. The second kappa shape index (κ2) is 20.4.